The van der Waals surface area contributed by atoms with Crippen LogP contribution in [-0.2, 0) is 6.42 Å². The Balaban J connectivity index is 1.41. The topological polar surface area (TPSA) is 102 Å². The first-order valence-corrected chi connectivity index (χ1v) is 12.9. The van der Waals surface area contributed by atoms with E-state index in [-0.39, 0.29) is 34.8 Å². The fourth-order valence-corrected chi connectivity index (χ4v) is 5.00. The average molecular weight is 551 g/mol. The van der Waals surface area contributed by atoms with Gasteiger partial charge in [0, 0.05) is 61.0 Å². The van der Waals surface area contributed by atoms with E-state index in [2.05, 4.69) is 21.7 Å². The number of nitro groups is 1. The van der Waals surface area contributed by atoms with Crippen molar-refractivity contribution in [2.24, 2.45) is 0 Å². The van der Waals surface area contributed by atoms with Gasteiger partial charge in [-0.15, -0.1) is 0 Å². The molecule has 1 aliphatic heterocycles. The molecule has 0 radical (unpaired) electrons. The Morgan fingerprint density at radius 3 is 2.55 bits per heavy atom. The molecular weight excluding hydrogens is 522 g/mol. The van der Waals surface area contributed by atoms with Crippen molar-refractivity contribution in [3.63, 3.8) is 0 Å². The highest BCUT2D eigenvalue weighted by Gasteiger charge is 2.27. The lowest BCUT2D eigenvalue weighted by Gasteiger charge is -2.35. The average Bonchev–Trinajstić information content (AvgIpc) is 3.39. The Labute approximate surface area is 229 Å². The minimum absolute atomic E-state index is 0.000256. The number of hydrogen-bond acceptors (Lipinski definition) is 8. The first-order valence-electron chi connectivity index (χ1n) is 12.9. The number of halogens is 2. The number of pyridine rings is 1. The molecule has 0 spiro atoms. The van der Waals surface area contributed by atoms with Crippen LogP contribution in [0.4, 0.5) is 20.2 Å². The van der Waals surface area contributed by atoms with Crippen molar-refractivity contribution in [1.29, 1.82) is 0 Å². The molecule has 0 unspecified atom stereocenters. The van der Waals surface area contributed by atoms with E-state index in [0.29, 0.717) is 16.6 Å². The van der Waals surface area contributed by atoms with Gasteiger partial charge in [-0.1, -0.05) is 6.92 Å². The number of fused-ring (bicyclic) bond motifs is 1. The summed E-state index contributed by atoms with van der Waals surface area (Å²) in [6.45, 7) is 7.90. The molecule has 11 heteroatoms. The van der Waals surface area contributed by atoms with Crippen molar-refractivity contribution >= 4 is 28.1 Å². The van der Waals surface area contributed by atoms with Gasteiger partial charge in [0.25, 0.3) is 5.69 Å². The summed E-state index contributed by atoms with van der Waals surface area (Å²) < 4.78 is 40.0. The zero-order valence-corrected chi connectivity index (χ0v) is 22.4. The summed E-state index contributed by atoms with van der Waals surface area (Å²) in [5.74, 6) is -3.60. The quantitative estimate of drug-likeness (QED) is 0.166. The van der Waals surface area contributed by atoms with Gasteiger partial charge < -0.3 is 19.0 Å². The molecule has 1 aliphatic rings. The number of hydrogen-bond donors (Lipinski definition) is 0. The molecule has 0 aliphatic carbocycles. The molecule has 40 heavy (non-hydrogen) atoms. The van der Waals surface area contributed by atoms with Crippen molar-refractivity contribution in [3.05, 3.63) is 92.5 Å². The van der Waals surface area contributed by atoms with Crippen LogP contribution in [0.5, 0.6) is 5.75 Å². The van der Waals surface area contributed by atoms with Gasteiger partial charge >= 0.3 is 0 Å². The van der Waals surface area contributed by atoms with Crippen LogP contribution in [0.3, 0.4) is 0 Å². The smallest absolute Gasteiger partial charge is 0.275 e. The Kier molecular flexibility index (Phi) is 7.49. The molecule has 1 saturated heterocycles. The summed E-state index contributed by atoms with van der Waals surface area (Å²) in [6.07, 6.45) is 1.56. The molecule has 1 fully saturated rings. The van der Waals surface area contributed by atoms with Crippen LogP contribution >= 0.6 is 0 Å². The number of carbonyl (C=O) groups excluding carboxylic acids is 1. The number of benzene rings is 2. The standard InChI is InChI=1S/C29H28F2N4O5/c1-4-33-7-9-34(10-8-33)21-6-5-18(22(15-21)35(37)38)12-20-13-19-14-24(40-25(19)16-32-20)29(36)26-27(30)17(2)11-23(39-3)28(26)31/h5-6,11,13-16H,4,7-10,12H2,1-3H3. The van der Waals surface area contributed by atoms with E-state index < -0.39 is 27.9 Å². The number of nitro benzene ring substituents is 1. The number of ether oxygens (including phenoxy) is 1. The van der Waals surface area contributed by atoms with E-state index in [1.54, 1.807) is 18.2 Å². The number of methoxy groups -OCH3 is 1. The van der Waals surface area contributed by atoms with E-state index in [0.717, 1.165) is 38.4 Å². The molecule has 9 nitrogen and oxygen atoms in total. The van der Waals surface area contributed by atoms with Gasteiger partial charge in [0.15, 0.2) is 22.9 Å². The second kappa shape index (κ2) is 11.0. The van der Waals surface area contributed by atoms with Crippen molar-refractivity contribution in [1.82, 2.24) is 9.88 Å². The number of ketones is 1. The highest BCUT2D eigenvalue weighted by Crippen LogP contribution is 2.31. The number of nitrogens with zero attached hydrogens (tertiary/aromatic N) is 4. The summed E-state index contributed by atoms with van der Waals surface area (Å²) in [4.78, 5) is 33.4. The molecule has 0 amide bonds. The first kappa shape index (κ1) is 27.2. The Morgan fingerprint density at radius 2 is 1.88 bits per heavy atom. The van der Waals surface area contributed by atoms with Gasteiger partial charge in [-0.25, -0.2) is 8.78 Å². The van der Waals surface area contributed by atoms with E-state index in [1.165, 1.54) is 32.4 Å². The number of furan rings is 1. The monoisotopic (exact) mass is 550 g/mol. The lowest BCUT2D eigenvalue weighted by atomic mass is 10.0. The molecule has 0 N–H and O–H groups in total. The molecule has 0 atom stereocenters. The highest BCUT2D eigenvalue weighted by atomic mass is 19.1. The fourth-order valence-electron chi connectivity index (χ4n) is 5.00. The van der Waals surface area contributed by atoms with Crippen LogP contribution < -0.4 is 9.64 Å². The van der Waals surface area contributed by atoms with Crippen LogP contribution in [0.15, 0.2) is 47.0 Å². The SMILES string of the molecule is CCN1CCN(c2ccc(Cc3cc4cc(C(=O)c5c(F)c(C)cc(OC)c5F)oc4cn3)c([N+](=O)[O-])c2)CC1. The van der Waals surface area contributed by atoms with Crippen molar-refractivity contribution < 1.29 is 27.7 Å². The predicted octanol–water partition coefficient (Wildman–Crippen LogP) is 5.29. The number of anilines is 1. The number of piperazine rings is 1. The minimum Gasteiger partial charge on any atom is -0.494 e. The Morgan fingerprint density at radius 1 is 1.12 bits per heavy atom. The molecule has 3 heterocycles. The lowest BCUT2D eigenvalue weighted by molar-refractivity contribution is -0.385. The molecule has 0 bridgehead atoms. The summed E-state index contributed by atoms with van der Waals surface area (Å²) >= 11 is 0. The number of rotatable bonds is 8. The number of aromatic nitrogens is 1. The van der Waals surface area contributed by atoms with Gasteiger partial charge in [0.05, 0.1) is 18.2 Å². The lowest BCUT2D eigenvalue weighted by Crippen LogP contribution is -2.46. The summed E-state index contributed by atoms with van der Waals surface area (Å²) in [5.41, 5.74) is 1.33. The van der Waals surface area contributed by atoms with E-state index in [4.69, 9.17) is 9.15 Å². The maximum Gasteiger partial charge on any atom is 0.275 e. The normalized spacial score (nSPS) is 14.1. The Hall–Kier alpha value is -4.38. The van der Waals surface area contributed by atoms with Crippen molar-refractivity contribution in [2.45, 2.75) is 20.3 Å². The first-order chi connectivity index (χ1) is 19.2. The highest BCUT2D eigenvalue weighted by molar-refractivity contribution is 6.09. The molecular formula is C29H28F2N4O5. The third-order valence-corrected chi connectivity index (χ3v) is 7.30. The van der Waals surface area contributed by atoms with Gasteiger partial charge in [0.1, 0.15) is 11.4 Å². The maximum atomic E-state index is 14.8. The second-order valence-corrected chi connectivity index (χ2v) is 9.72. The molecule has 5 rings (SSSR count). The second-order valence-electron chi connectivity index (χ2n) is 9.72. The van der Waals surface area contributed by atoms with Crippen LogP contribution in [-0.4, -0.2) is 60.4 Å². The number of aryl methyl sites for hydroxylation is 1. The van der Waals surface area contributed by atoms with Crippen LogP contribution in [0, 0.1) is 28.7 Å². The van der Waals surface area contributed by atoms with Crippen molar-refractivity contribution in [3.8, 4) is 5.75 Å². The summed E-state index contributed by atoms with van der Waals surface area (Å²) in [5, 5.41) is 12.4. The predicted molar refractivity (Wildman–Crippen MR) is 145 cm³/mol. The third kappa shape index (κ3) is 5.12. The van der Waals surface area contributed by atoms with Gasteiger partial charge in [-0.05, 0) is 49.4 Å². The van der Waals surface area contributed by atoms with Crippen LogP contribution in [0.1, 0.15) is 39.9 Å². The Bertz CT molecular complexity index is 1610. The minimum atomic E-state index is -1.11. The largest absolute Gasteiger partial charge is 0.494 e. The van der Waals surface area contributed by atoms with Gasteiger partial charge in [-0.2, -0.15) is 0 Å². The molecule has 4 aromatic rings. The van der Waals surface area contributed by atoms with E-state index in [1.807, 2.05) is 6.07 Å². The van der Waals surface area contributed by atoms with Gasteiger partial charge in [-0.3, -0.25) is 19.9 Å². The zero-order valence-electron chi connectivity index (χ0n) is 22.4. The molecule has 208 valence electrons. The zero-order chi connectivity index (χ0) is 28.6. The molecule has 0 saturated carbocycles. The van der Waals surface area contributed by atoms with E-state index >= 15 is 0 Å². The third-order valence-electron chi connectivity index (χ3n) is 7.30. The summed E-state index contributed by atoms with van der Waals surface area (Å²) in [7, 11) is 1.23. The van der Waals surface area contributed by atoms with E-state index in [9.17, 15) is 23.7 Å². The number of likely N-dealkylation sites (N-methyl/N-ethyl adjacent to an activating group) is 1. The van der Waals surface area contributed by atoms with Crippen molar-refractivity contribution in [2.75, 3.05) is 44.7 Å². The molecule has 2 aromatic heterocycles. The number of carbonyl (C=O) groups is 1. The maximum absolute atomic E-state index is 14.8. The fraction of sp³-hybridized carbons (Fsp3) is 0.310. The van der Waals surface area contributed by atoms with Gasteiger partial charge in [0.2, 0.25) is 5.78 Å². The molecule has 2 aromatic carbocycles. The van der Waals surface area contributed by atoms with Crippen LogP contribution in [0.25, 0.3) is 11.0 Å². The summed E-state index contributed by atoms with van der Waals surface area (Å²) in [6, 6.07) is 9.42. The van der Waals surface area contributed by atoms with Crippen LogP contribution in [0.2, 0.25) is 0 Å².